The van der Waals surface area contributed by atoms with Crippen LogP contribution in [0.5, 0.6) is 0 Å². The van der Waals surface area contributed by atoms with E-state index in [9.17, 15) is 43.5 Å². The predicted molar refractivity (Wildman–Crippen MR) is 198 cm³/mol. The summed E-state index contributed by atoms with van der Waals surface area (Å²) in [6.45, 7) is 0.212. The summed E-state index contributed by atoms with van der Waals surface area (Å²) < 4.78 is 0. The third-order valence-electron chi connectivity index (χ3n) is 7.46. The molecule has 0 saturated carbocycles. The maximum absolute atomic E-state index is 13.7. The maximum atomic E-state index is 13.7. The molecule has 25 nitrogen and oxygen atoms in total. The SMILES string of the molecule is C[C@@H](O)[C@H](NC(=O)[C@H](CCCN=C(N)N)NC(=O)[C@H](CCCCN)NC(=O)[C@H](CC(N)=O)NC(=O)CN)C(=O)N[C@@H](CCCN=C(N)N)C(=O)NCC(=O)O. The number of nitrogens with zero attached hydrogens (tertiary/aromatic N) is 2. The van der Waals surface area contributed by atoms with Crippen molar-refractivity contribution in [3.63, 3.8) is 0 Å². The first-order chi connectivity index (χ1) is 25.8. The topological polar surface area (TPSA) is 456 Å². The van der Waals surface area contributed by atoms with Crippen molar-refractivity contribution in [3.8, 4) is 0 Å². The second kappa shape index (κ2) is 26.9. The molecule has 0 heterocycles. The van der Waals surface area contributed by atoms with E-state index in [1.165, 1.54) is 6.92 Å². The van der Waals surface area contributed by atoms with Crippen molar-refractivity contribution in [3.05, 3.63) is 0 Å². The third kappa shape index (κ3) is 22.1. The highest BCUT2D eigenvalue weighted by Crippen LogP contribution is 2.08. The number of unbranched alkanes of at least 4 members (excludes halogenated alkanes) is 1. The summed E-state index contributed by atoms with van der Waals surface area (Å²) in [6.07, 6.45) is -1.37. The Bertz CT molecular complexity index is 1370. The van der Waals surface area contributed by atoms with Crippen LogP contribution in [0.4, 0.5) is 0 Å². The fourth-order valence-electron chi connectivity index (χ4n) is 4.72. The van der Waals surface area contributed by atoms with Crippen molar-refractivity contribution in [1.29, 1.82) is 0 Å². The molecule has 0 bridgehead atoms. The van der Waals surface area contributed by atoms with E-state index in [-0.39, 0.29) is 63.7 Å². The van der Waals surface area contributed by atoms with E-state index in [4.69, 9.17) is 45.2 Å². The van der Waals surface area contributed by atoms with Gasteiger partial charge < -0.3 is 82.2 Å². The zero-order chi connectivity index (χ0) is 42.1. The Labute approximate surface area is 317 Å². The predicted octanol–water partition coefficient (Wildman–Crippen LogP) is -7.94. The lowest BCUT2D eigenvalue weighted by molar-refractivity contribution is -0.139. The summed E-state index contributed by atoms with van der Waals surface area (Å²) in [7, 11) is 0. The molecule has 0 aliphatic heterocycles. The van der Waals surface area contributed by atoms with E-state index in [0.717, 1.165) is 0 Å². The summed E-state index contributed by atoms with van der Waals surface area (Å²) in [5.74, 6) is -8.28. The van der Waals surface area contributed by atoms with E-state index < -0.39 is 103 Å². The van der Waals surface area contributed by atoms with E-state index in [0.29, 0.717) is 12.8 Å². The van der Waals surface area contributed by atoms with Crippen molar-refractivity contribution in [2.24, 2.45) is 50.1 Å². The van der Waals surface area contributed by atoms with Crippen LogP contribution in [-0.4, -0.2) is 138 Å². The van der Waals surface area contributed by atoms with Gasteiger partial charge in [0.05, 0.1) is 19.1 Å². The number of nitrogens with one attached hydrogen (secondary N) is 6. The Kier molecular flexibility index (Phi) is 24.0. The van der Waals surface area contributed by atoms with Gasteiger partial charge in [-0.05, 0) is 58.4 Å². The number of aliphatic imine (C=N–C) groups is 2. The lowest BCUT2D eigenvalue weighted by Crippen LogP contribution is -2.61. The molecular weight excluding hydrogens is 730 g/mol. The molecule has 0 aliphatic rings. The maximum Gasteiger partial charge on any atom is 0.322 e. The number of rotatable bonds is 28. The minimum absolute atomic E-state index is 0.00153. The number of amides is 7. The monoisotopic (exact) mass is 787 g/mol. The number of carboxylic acids is 1. The van der Waals surface area contributed by atoms with Crippen LogP contribution in [0.25, 0.3) is 0 Å². The summed E-state index contributed by atoms with van der Waals surface area (Å²) in [5, 5.41) is 33.6. The van der Waals surface area contributed by atoms with Gasteiger partial charge in [0.2, 0.25) is 41.4 Å². The Morgan fingerprint density at radius 3 is 1.49 bits per heavy atom. The zero-order valence-corrected chi connectivity index (χ0v) is 30.8. The minimum atomic E-state index is -1.71. The van der Waals surface area contributed by atoms with Gasteiger partial charge in [0.25, 0.3) is 0 Å². The number of carbonyl (C=O) groups excluding carboxylic acids is 7. The molecule has 7 amide bonds. The molecule has 55 heavy (non-hydrogen) atoms. The van der Waals surface area contributed by atoms with Gasteiger partial charge in [-0.15, -0.1) is 0 Å². The van der Waals surface area contributed by atoms with Gasteiger partial charge in [0, 0.05) is 13.1 Å². The Hall–Kier alpha value is -5.82. The Morgan fingerprint density at radius 1 is 0.600 bits per heavy atom. The van der Waals surface area contributed by atoms with Crippen LogP contribution < -0.4 is 72.0 Å². The number of aliphatic hydroxyl groups is 1. The van der Waals surface area contributed by atoms with Gasteiger partial charge in [-0.1, -0.05) is 0 Å². The summed E-state index contributed by atoms with van der Waals surface area (Å²) in [5.41, 5.74) is 37.5. The first kappa shape index (κ1) is 49.2. The Morgan fingerprint density at radius 2 is 1.05 bits per heavy atom. The van der Waals surface area contributed by atoms with E-state index in [1.54, 1.807) is 0 Å². The van der Waals surface area contributed by atoms with Crippen molar-refractivity contribution in [2.45, 2.75) is 94.6 Å². The number of nitrogens with two attached hydrogens (primary N) is 7. The number of hydrogen-bond donors (Lipinski definition) is 15. The van der Waals surface area contributed by atoms with Crippen LogP contribution in [0.1, 0.15) is 58.3 Å². The average molecular weight is 788 g/mol. The smallest absolute Gasteiger partial charge is 0.322 e. The van der Waals surface area contributed by atoms with Crippen LogP contribution in [0, 0.1) is 0 Å². The number of aliphatic carboxylic acids is 1. The number of carbonyl (C=O) groups is 8. The lowest BCUT2D eigenvalue weighted by atomic mass is 10.0. The van der Waals surface area contributed by atoms with E-state index in [1.807, 2.05) is 0 Å². The molecule has 6 atom stereocenters. The van der Waals surface area contributed by atoms with E-state index in [2.05, 4.69) is 41.9 Å². The minimum Gasteiger partial charge on any atom is -0.480 e. The number of aliphatic hydroxyl groups excluding tert-OH is 1. The highest BCUT2D eigenvalue weighted by Gasteiger charge is 2.34. The fourth-order valence-corrected chi connectivity index (χ4v) is 4.72. The summed E-state index contributed by atoms with van der Waals surface area (Å²) >= 11 is 0. The highest BCUT2D eigenvalue weighted by molar-refractivity contribution is 5.97. The molecule has 0 fully saturated rings. The van der Waals surface area contributed by atoms with Gasteiger partial charge in [-0.2, -0.15) is 0 Å². The highest BCUT2D eigenvalue weighted by atomic mass is 16.4. The third-order valence-corrected chi connectivity index (χ3v) is 7.46. The fraction of sp³-hybridized carbons (Fsp3) is 0.667. The zero-order valence-electron chi connectivity index (χ0n) is 30.8. The molecule has 0 unspecified atom stereocenters. The Balaban J connectivity index is 6.37. The van der Waals surface area contributed by atoms with E-state index >= 15 is 0 Å². The number of hydrogen-bond acceptors (Lipinski definition) is 13. The largest absolute Gasteiger partial charge is 0.480 e. The summed E-state index contributed by atoms with van der Waals surface area (Å²) in [6, 6.07) is -7.31. The van der Waals surface area contributed by atoms with Gasteiger partial charge in [-0.25, -0.2) is 0 Å². The molecule has 25 heteroatoms. The van der Waals surface area contributed by atoms with Crippen LogP contribution in [0.3, 0.4) is 0 Å². The molecule has 0 aliphatic carbocycles. The average Bonchev–Trinajstić information content (AvgIpc) is 3.10. The molecule has 0 rings (SSSR count). The van der Waals surface area contributed by atoms with Crippen LogP contribution >= 0.6 is 0 Å². The summed E-state index contributed by atoms with van der Waals surface area (Å²) in [4.78, 5) is 109. The van der Waals surface area contributed by atoms with Crippen molar-refractivity contribution in [2.75, 3.05) is 32.7 Å². The van der Waals surface area contributed by atoms with Crippen molar-refractivity contribution in [1.82, 2.24) is 31.9 Å². The molecule has 312 valence electrons. The number of carboxylic acid groups (broad SMARTS) is 1. The lowest BCUT2D eigenvalue weighted by Gasteiger charge is -2.28. The molecular formula is C30H57N15O10. The second-order valence-corrected chi connectivity index (χ2v) is 12.2. The standard InChI is InChI=1S/C30H57N15O10/c1-15(46)23(28(55)44-16(7-4-10-38-29(34)35)24(51)40-14-22(49)50)45-26(53)18(8-5-11-39-30(36)37)42-25(52)17(6-2-3-9-31)43-27(54)19(12-20(33)47)41-21(48)13-32/h15-19,23,46H,2-14,31-32H2,1H3,(H2,33,47)(H,40,51)(H,41,48)(H,42,52)(H,43,54)(H,44,55)(H,45,53)(H,49,50)(H4,34,35,38)(H4,36,37,39)/t15-,16+,17+,18+,19+,23+/m1/s1. The van der Waals surface area contributed by atoms with Crippen LogP contribution in [0.15, 0.2) is 9.98 Å². The normalized spacial score (nSPS) is 13.9. The van der Waals surface area contributed by atoms with Crippen LogP contribution in [-0.2, 0) is 38.4 Å². The molecule has 22 N–H and O–H groups in total. The molecule has 0 spiro atoms. The van der Waals surface area contributed by atoms with Gasteiger partial charge in [-0.3, -0.25) is 48.3 Å². The van der Waals surface area contributed by atoms with Gasteiger partial charge >= 0.3 is 5.97 Å². The molecule has 0 saturated heterocycles. The van der Waals surface area contributed by atoms with Gasteiger partial charge in [0.15, 0.2) is 11.9 Å². The quantitative estimate of drug-likeness (QED) is 0.0199. The molecule has 0 aromatic rings. The van der Waals surface area contributed by atoms with Crippen molar-refractivity contribution < 1.29 is 48.6 Å². The molecule has 0 aromatic carbocycles. The van der Waals surface area contributed by atoms with Crippen molar-refractivity contribution >= 4 is 59.2 Å². The number of primary amides is 1. The van der Waals surface area contributed by atoms with Gasteiger partial charge in [0.1, 0.15) is 36.8 Å². The molecule has 0 radical (unpaired) electrons. The number of guanidine groups is 2. The van der Waals surface area contributed by atoms with Crippen LogP contribution in [0.2, 0.25) is 0 Å². The first-order valence-electron chi connectivity index (χ1n) is 17.3. The second-order valence-electron chi connectivity index (χ2n) is 12.2. The molecule has 0 aromatic heterocycles. The first-order valence-corrected chi connectivity index (χ1v) is 17.3.